The molecule has 9 nitrogen and oxygen atoms in total. The van der Waals surface area contributed by atoms with Gasteiger partial charge in [-0.15, -0.1) is 0 Å². The van der Waals surface area contributed by atoms with Crippen LogP contribution < -0.4 is 14.8 Å². The number of hydrogen-bond acceptors (Lipinski definition) is 7. The largest absolute Gasteiger partial charge is 0.497 e. The van der Waals surface area contributed by atoms with Crippen molar-refractivity contribution in [3.63, 3.8) is 0 Å². The summed E-state index contributed by atoms with van der Waals surface area (Å²) in [7, 11) is 3.19. The number of carbonyl (C=O) groups is 2. The Labute approximate surface area is 319 Å². The van der Waals surface area contributed by atoms with Crippen LogP contribution in [0, 0.1) is 5.41 Å². The van der Waals surface area contributed by atoms with Crippen molar-refractivity contribution in [2.45, 2.75) is 95.9 Å². The summed E-state index contributed by atoms with van der Waals surface area (Å²) in [6, 6.07) is 24.0. The molecule has 4 aromatic rings. The van der Waals surface area contributed by atoms with Crippen LogP contribution in [-0.4, -0.2) is 59.4 Å². The van der Waals surface area contributed by atoms with E-state index >= 15 is 0 Å². The Balaban J connectivity index is 1.42. The average Bonchev–Trinajstić information content (AvgIpc) is 3.80. The molecule has 3 aliphatic carbocycles. The van der Waals surface area contributed by atoms with Crippen molar-refractivity contribution in [3.8, 4) is 11.5 Å². The summed E-state index contributed by atoms with van der Waals surface area (Å²) in [6.07, 6.45) is 7.29. The fourth-order valence-electron chi connectivity index (χ4n) is 8.54. The van der Waals surface area contributed by atoms with E-state index in [-0.39, 0.29) is 42.6 Å². The Morgan fingerprint density at radius 3 is 2.52 bits per heavy atom. The van der Waals surface area contributed by atoms with E-state index in [0.29, 0.717) is 55.6 Å². The predicted octanol–water partition coefficient (Wildman–Crippen LogP) is 8.54. The van der Waals surface area contributed by atoms with Gasteiger partial charge < -0.3 is 34.3 Å². The van der Waals surface area contributed by atoms with Crippen LogP contribution in [0.1, 0.15) is 110 Å². The van der Waals surface area contributed by atoms with Crippen molar-refractivity contribution in [1.82, 2.24) is 10.2 Å². The highest BCUT2D eigenvalue weighted by Crippen LogP contribution is 2.59. The summed E-state index contributed by atoms with van der Waals surface area (Å²) in [5, 5.41) is 27.3. The zero-order valence-electron chi connectivity index (χ0n) is 32.1. The van der Waals surface area contributed by atoms with Crippen molar-refractivity contribution < 1.29 is 33.7 Å². The fourth-order valence-corrected chi connectivity index (χ4v) is 8.54. The van der Waals surface area contributed by atoms with Gasteiger partial charge in [0.1, 0.15) is 11.5 Å². The van der Waals surface area contributed by atoms with Crippen LogP contribution in [0.15, 0.2) is 101 Å². The van der Waals surface area contributed by atoms with Crippen molar-refractivity contribution in [2.75, 3.05) is 20.8 Å². The van der Waals surface area contributed by atoms with Gasteiger partial charge in [-0.25, -0.2) is 4.79 Å². The van der Waals surface area contributed by atoms with Crippen molar-refractivity contribution in [3.05, 3.63) is 130 Å². The van der Waals surface area contributed by atoms with E-state index in [4.69, 9.17) is 13.9 Å². The van der Waals surface area contributed by atoms with Gasteiger partial charge in [-0.05, 0) is 112 Å². The number of allylic oxidation sites excluding steroid dienone is 2. The summed E-state index contributed by atoms with van der Waals surface area (Å²) >= 11 is 0. The smallest absolute Gasteiger partial charge is 0.318 e. The first-order chi connectivity index (χ1) is 25.9. The number of urea groups is 1. The van der Waals surface area contributed by atoms with Crippen LogP contribution >= 0.6 is 0 Å². The lowest BCUT2D eigenvalue weighted by atomic mass is 9.64. The molecule has 2 bridgehead atoms. The molecule has 1 heterocycles. The molecule has 0 spiro atoms. The second kappa shape index (κ2) is 16.7. The number of carbonyl (C=O) groups excluding carboxylic acids is 2. The van der Waals surface area contributed by atoms with Gasteiger partial charge in [-0.2, -0.15) is 0 Å². The Morgan fingerprint density at radius 1 is 1.00 bits per heavy atom. The van der Waals surface area contributed by atoms with Crippen LogP contribution in [0.2, 0.25) is 0 Å². The first kappa shape index (κ1) is 38.9. The quantitative estimate of drug-likeness (QED) is 0.110. The van der Waals surface area contributed by atoms with E-state index in [9.17, 15) is 19.8 Å². The molecule has 0 aliphatic heterocycles. The standard InChI is InChI=1S/C45H54N2O7/c1-30-11-9-22-44(3)39(37-20-16-32(25-35(48)18-15-30)26-38(37)42(49)40-14-10-24-54-40)21-23-45(44,51)29-47(28-34-17-19-36(52-4)27-41(34)53-5)43(50)46-31(2)33-12-7-6-8-13-33/h6-8,10-14,16-17,19-20,24,26-27,31,35,39,48,51H,9,15,18,21-23,25,28-29H2,1-5H3,(H,46,50)/t31-,35+,39+,44+,45-/m1/s1. The lowest BCUT2D eigenvalue weighted by Crippen LogP contribution is -2.55. The second-order valence-corrected chi connectivity index (χ2v) is 15.4. The molecule has 2 amide bonds. The zero-order chi connectivity index (χ0) is 38.5. The van der Waals surface area contributed by atoms with Crippen molar-refractivity contribution in [2.24, 2.45) is 5.41 Å². The van der Waals surface area contributed by atoms with Crippen LogP contribution in [0.4, 0.5) is 4.79 Å². The maximum absolute atomic E-state index is 14.4. The Kier molecular flexibility index (Phi) is 12.0. The lowest BCUT2D eigenvalue weighted by Gasteiger charge is -2.46. The van der Waals surface area contributed by atoms with Crippen LogP contribution in [-0.2, 0) is 13.0 Å². The predicted molar refractivity (Wildman–Crippen MR) is 209 cm³/mol. The molecule has 286 valence electrons. The first-order valence-corrected chi connectivity index (χ1v) is 19.0. The topological polar surface area (TPSA) is 121 Å². The number of fused-ring (bicyclic) bond motifs is 8. The number of methoxy groups -OCH3 is 2. The molecule has 54 heavy (non-hydrogen) atoms. The number of hydrogen-bond donors (Lipinski definition) is 3. The van der Waals surface area contributed by atoms with Crippen LogP contribution in [0.25, 0.3) is 0 Å². The number of benzene rings is 3. The number of rotatable bonds is 10. The highest BCUT2D eigenvalue weighted by molar-refractivity contribution is 6.08. The van der Waals surface area contributed by atoms with Gasteiger partial charge in [0, 0.05) is 22.6 Å². The Hall–Kier alpha value is -4.86. The summed E-state index contributed by atoms with van der Waals surface area (Å²) in [4.78, 5) is 30.2. The molecule has 5 atom stereocenters. The minimum absolute atomic E-state index is 0.0525. The lowest BCUT2D eigenvalue weighted by molar-refractivity contribution is -0.0781. The first-order valence-electron chi connectivity index (χ1n) is 19.0. The summed E-state index contributed by atoms with van der Waals surface area (Å²) in [6.45, 7) is 6.40. The number of ether oxygens (including phenoxy) is 2. The van der Waals surface area contributed by atoms with E-state index in [1.54, 1.807) is 37.3 Å². The molecule has 0 radical (unpaired) electrons. The van der Waals surface area contributed by atoms with Crippen molar-refractivity contribution >= 4 is 11.8 Å². The third-order valence-electron chi connectivity index (χ3n) is 11.9. The molecule has 0 saturated heterocycles. The van der Waals surface area contributed by atoms with E-state index in [0.717, 1.165) is 28.7 Å². The van der Waals surface area contributed by atoms with Crippen LogP contribution in [0.5, 0.6) is 11.5 Å². The minimum Gasteiger partial charge on any atom is -0.497 e. The molecular weight excluding hydrogens is 681 g/mol. The monoisotopic (exact) mass is 734 g/mol. The number of aliphatic hydroxyl groups excluding tert-OH is 1. The van der Waals surface area contributed by atoms with E-state index in [2.05, 4.69) is 25.2 Å². The third-order valence-corrected chi connectivity index (χ3v) is 11.9. The molecule has 3 aromatic carbocycles. The molecule has 3 N–H and O–H groups in total. The highest BCUT2D eigenvalue weighted by atomic mass is 16.5. The molecule has 1 fully saturated rings. The van der Waals surface area contributed by atoms with Gasteiger partial charge >= 0.3 is 6.03 Å². The normalized spacial score (nSPS) is 23.4. The molecule has 3 aliphatic rings. The zero-order valence-corrected chi connectivity index (χ0v) is 32.1. The summed E-state index contributed by atoms with van der Waals surface area (Å²) in [5.74, 6) is 1.02. The maximum atomic E-state index is 14.4. The van der Waals surface area contributed by atoms with Gasteiger partial charge in [0.05, 0.1) is 51.3 Å². The van der Waals surface area contributed by atoms with Crippen molar-refractivity contribution in [1.29, 1.82) is 0 Å². The third kappa shape index (κ3) is 8.27. The number of nitrogens with zero attached hydrogens (tertiary/aromatic N) is 1. The Bertz CT molecular complexity index is 1940. The molecule has 0 unspecified atom stereocenters. The molecule has 1 saturated carbocycles. The van der Waals surface area contributed by atoms with Gasteiger partial charge in [-0.3, -0.25) is 4.79 Å². The number of nitrogens with one attached hydrogen (secondary N) is 1. The van der Waals surface area contributed by atoms with Gasteiger partial charge in [0.2, 0.25) is 5.78 Å². The second-order valence-electron chi connectivity index (χ2n) is 15.4. The molecule has 7 rings (SSSR count). The molecular formula is C45H54N2O7. The number of aliphatic hydroxyl groups is 2. The van der Waals surface area contributed by atoms with E-state index < -0.39 is 17.1 Å². The minimum atomic E-state index is -1.33. The van der Waals surface area contributed by atoms with Gasteiger partial charge in [-0.1, -0.05) is 61.0 Å². The number of amides is 2. The summed E-state index contributed by atoms with van der Waals surface area (Å²) < 4.78 is 16.8. The van der Waals surface area contributed by atoms with E-state index in [1.165, 1.54) is 11.8 Å². The van der Waals surface area contributed by atoms with Crippen LogP contribution in [0.3, 0.4) is 0 Å². The maximum Gasteiger partial charge on any atom is 0.318 e. The average molecular weight is 735 g/mol. The fraction of sp³-hybridized carbons (Fsp3) is 0.422. The SMILES string of the molecule is COc1ccc(CN(C[C@]2(O)CC[C@H]3c4ccc(cc4C(=O)c4ccco4)C[C@@H](O)CCC(C)=CCC[C@@]32C)C(=O)N[C@H](C)c2ccccc2)c(OC)c1. The van der Waals surface area contributed by atoms with Gasteiger partial charge in [0.25, 0.3) is 0 Å². The van der Waals surface area contributed by atoms with E-state index in [1.807, 2.05) is 67.6 Å². The highest BCUT2D eigenvalue weighted by Gasteiger charge is 2.57. The van der Waals surface area contributed by atoms with Gasteiger partial charge in [0.15, 0.2) is 5.76 Å². The molecule has 1 aromatic heterocycles. The number of furan rings is 1. The Morgan fingerprint density at radius 2 is 1.80 bits per heavy atom. The molecule has 9 heteroatoms. The summed E-state index contributed by atoms with van der Waals surface area (Å²) in [5.41, 5.74) is 3.10. The number of ketones is 1.